The number of anilines is 1. The number of hydrogen-bond acceptors (Lipinski definition) is 4. The molecule has 22 heavy (non-hydrogen) atoms. The molecule has 1 heterocycles. The van der Waals surface area contributed by atoms with Crippen LogP contribution in [0.3, 0.4) is 0 Å². The Labute approximate surface area is 137 Å². The van der Waals surface area contributed by atoms with Crippen molar-refractivity contribution in [2.45, 2.75) is 32.1 Å². The van der Waals surface area contributed by atoms with E-state index in [0.717, 1.165) is 25.0 Å². The maximum absolute atomic E-state index is 12.0. The third-order valence-electron chi connectivity index (χ3n) is 3.59. The van der Waals surface area contributed by atoms with E-state index < -0.39 is 0 Å². The second-order valence-electron chi connectivity index (χ2n) is 5.22. The number of nitrogens with zero attached hydrogens (tertiary/aromatic N) is 1. The van der Waals surface area contributed by atoms with E-state index in [0.29, 0.717) is 15.7 Å². The Bertz CT molecular complexity index is 688. The van der Waals surface area contributed by atoms with Gasteiger partial charge in [-0.3, -0.25) is 9.59 Å². The minimum Gasteiger partial charge on any atom is -0.302 e. The van der Waals surface area contributed by atoms with Gasteiger partial charge in [-0.1, -0.05) is 11.6 Å². The highest BCUT2D eigenvalue weighted by Gasteiger charge is 2.18. The summed E-state index contributed by atoms with van der Waals surface area (Å²) in [5.41, 5.74) is 1.68. The highest BCUT2D eigenvalue weighted by molar-refractivity contribution is 7.15. The summed E-state index contributed by atoms with van der Waals surface area (Å²) in [6.07, 6.45) is 3.54. The Balaban J connectivity index is 1.51. The van der Waals surface area contributed by atoms with Crippen molar-refractivity contribution in [3.8, 4) is 0 Å². The summed E-state index contributed by atoms with van der Waals surface area (Å²) in [6, 6.07) is 6.69. The van der Waals surface area contributed by atoms with E-state index in [9.17, 15) is 9.59 Å². The molecule has 2 aromatic rings. The van der Waals surface area contributed by atoms with Gasteiger partial charge in [-0.05, 0) is 43.5 Å². The number of aryl methyl sites for hydroxylation is 2. The smallest absolute Gasteiger partial charge is 0.226 e. The van der Waals surface area contributed by atoms with Crippen LogP contribution in [-0.2, 0) is 17.6 Å². The maximum Gasteiger partial charge on any atom is 0.226 e. The summed E-state index contributed by atoms with van der Waals surface area (Å²) in [4.78, 5) is 29.6. The summed E-state index contributed by atoms with van der Waals surface area (Å²) in [5.74, 6) is -0.233. The average molecular weight is 335 g/mol. The molecule has 1 aromatic carbocycles. The number of amides is 1. The standard InChI is InChI=1S/C16H15ClN2O2S/c17-11-6-4-10(5-7-11)13(20)8-9-15(21)19-16-18-12-2-1-3-14(12)22-16/h4-7H,1-3,8-9H2,(H,18,19,21). The van der Waals surface area contributed by atoms with Crippen LogP contribution < -0.4 is 5.32 Å². The molecule has 3 rings (SSSR count). The van der Waals surface area contributed by atoms with E-state index in [1.54, 1.807) is 24.3 Å². The zero-order valence-electron chi connectivity index (χ0n) is 11.9. The number of rotatable bonds is 5. The third-order valence-corrected chi connectivity index (χ3v) is 4.91. The maximum atomic E-state index is 12.0. The first-order valence-electron chi connectivity index (χ1n) is 7.19. The molecule has 0 aliphatic heterocycles. The predicted molar refractivity (Wildman–Crippen MR) is 87.8 cm³/mol. The molecule has 1 aliphatic rings. The fraction of sp³-hybridized carbons (Fsp3) is 0.312. The molecule has 4 nitrogen and oxygen atoms in total. The van der Waals surface area contributed by atoms with Crippen molar-refractivity contribution in [2.75, 3.05) is 5.32 Å². The number of hydrogen-bond donors (Lipinski definition) is 1. The van der Waals surface area contributed by atoms with Crippen molar-refractivity contribution in [2.24, 2.45) is 0 Å². The van der Waals surface area contributed by atoms with Gasteiger partial charge in [0.15, 0.2) is 10.9 Å². The van der Waals surface area contributed by atoms with Crippen LogP contribution >= 0.6 is 22.9 Å². The Morgan fingerprint density at radius 3 is 2.68 bits per heavy atom. The SMILES string of the molecule is O=C(CCC(=O)c1ccc(Cl)cc1)Nc1nc2c(s1)CCC2. The zero-order valence-corrected chi connectivity index (χ0v) is 13.5. The highest BCUT2D eigenvalue weighted by atomic mass is 35.5. The van der Waals surface area contributed by atoms with E-state index >= 15 is 0 Å². The van der Waals surface area contributed by atoms with Crippen molar-refractivity contribution in [1.82, 2.24) is 4.98 Å². The predicted octanol–water partition coefficient (Wildman–Crippen LogP) is 3.89. The molecule has 0 spiro atoms. The van der Waals surface area contributed by atoms with Gasteiger partial charge in [0.05, 0.1) is 5.69 Å². The number of benzene rings is 1. The first kappa shape index (κ1) is 15.2. The number of thiazole rings is 1. The zero-order chi connectivity index (χ0) is 15.5. The van der Waals surface area contributed by atoms with Crippen LogP contribution in [0.15, 0.2) is 24.3 Å². The summed E-state index contributed by atoms with van der Waals surface area (Å²) >= 11 is 7.32. The number of aromatic nitrogens is 1. The second-order valence-corrected chi connectivity index (χ2v) is 6.74. The van der Waals surface area contributed by atoms with Crippen molar-refractivity contribution < 1.29 is 9.59 Å². The number of nitrogens with one attached hydrogen (secondary N) is 1. The van der Waals surface area contributed by atoms with Gasteiger partial charge >= 0.3 is 0 Å². The number of fused-ring (bicyclic) bond motifs is 1. The van der Waals surface area contributed by atoms with Gasteiger partial charge in [-0.15, -0.1) is 11.3 Å². The van der Waals surface area contributed by atoms with Gasteiger partial charge in [0.25, 0.3) is 0 Å². The Morgan fingerprint density at radius 2 is 1.95 bits per heavy atom. The van der Waals surface area contributed by atoms with Gasteiger partial charge in [0.2, 0.25) is 5.91 Å². The van der Waals surface area contributed by atoms with Crippen molar-refractivity contribution in [3.63, 3.8) is 0 Å². The monoisotopic (exact) mass is 334 g/mol. The Hall–Kier alpha value is -1.72. The number of carbonyl (C=O) groups is 2. The van der Waals surface area contributed by atoms with Gasteiger partial charge in [0.1, 0.15) is 0 Å². The third kappa shape index (κ3) is 3.54. The van der Waals surface area contributed by atoms with E-state index in [-0.39, 0.29) is 24.5 Å². The molecule has 0 saturated carbocycles. The van der Waals surface area contributed by atoms with Crippen LogP contribution in [0.5, 0.6) is 0 Å². The fourth-order valence-corrected chi connectivity index (χ4v) is 3.62. The molecule has 1 N–H and O–H groups in total. The molecule has 1 amide bonds. The number of halogens is 1. The van der Waals surface area contributed by atoms with Crippen LogP contribution in [0.25, 0.3) is 0 Å². The molecule has 0 fully saturated rings. The lowest BCUT2D eigenvalue weighted by Gasteiger charge is -2.02. The summed E-state index contributed by atoms with van der Waals surface area (Å²) in [5, 5.41) is 4.02. The summed E-state index contributed by atoms with van der Waals surface area (Å²) < 4.78 is 0. The van der Waals surface area contributed by atoms with Gasteiger partial charge in [-0.25, -0.2) is 4.98 Å². The molecular weight excluding hydrogens is 320 g/mol. The number of Topliss-reactive ketones (excluding diaryl/α,β-unsaturated/α-hetero) is 1. The van der Waals surface area contributed by atoms with Crippen LogP contribution in [0.2, 0.25) is 5.02 Å². The van der Waals surface area contributed by atoms with Crippen LogP contribution in [0, 0.1) is 0 Å². The molecule has 1 aromatic heterocycles. The summed E-state index contributed by atoms with van der Waals surface area (Å²) in [6.45, 7) is 0. The molecule has 0 bridgehead atoms. The topological polar surface area (TPSA) is 59.1 Å². The number of carbonyl (C=O) groups excluding carboxylic acids is 2. The van der Waals surface area contributed by atoms with Crippen molar-refractivity contribution >= 4 is 39.8 Å². The van der Waals surface area contributed by atoms with Crippen molar-refractivity contribution in [3.05, 3.63) is 45.4 Å². The lowest BCUT2D eigenvalue weighted by atomic mass is 10.1. The highest BCUT2D eigenvalue weighted by Crippen LogP contribution is 2.30. The summed E-state index contributed by atoms with van der Waals surface area (Å²) in [7, 11) is 0. The first-order valence-corrected chi connectivity index (χ1v) is 8.38. The molecule has 0 atom stereocenters. The lowest BCUT2D eigenvalue weighted by Crippen LogP contribution is -2.13. The molecule has 6 heteroatoms. The van der Waals surface area contributed by atoms with Gasteiger partial charge in [-0.2, -0.15) is 0 Å². The normalized spacial score (nSPS) is 13.0. The molecule has 0 unspecified atom stereocenters. The average Bonchev–Trinajstić information content (AvgIpc) is 3.06. The second kappa shape index (κ2) is 6.58. The van der Waals surface area contributed by atoms with Crippen LogP contribution in [0.1, 0.15) is 40.2 Å². The van der Waals surface area contributed by atoms with Crippen LogP contribution in [0.4, 0.5) is 5.13 Å². The minimum atomic E-state index is -0.172. The molecule has 114 valence electrons. The molecule has 0 radical (unpaired) electrons. The van der Waals surface area contributed by atoms with E-state index in [1.807, 2.05) is 0 Å². The largest absolute Gasteiger partial charge is 0.302 e. The van der Waals surface area contributed by atoms with Gasteiger partial charge < -0.3 is 5.32 Å². The lowest BCUT2D eigenvalue weighted by molar-refractivity contribution is -0.116. The molecular formula is C16H15ClN2O2S. The Morgan fingerprint density at radius 1 is 1.18 bits per heavy atom. The number of ketones is 1. The Kier molecular flexibility index (Phi) is 4.55. The van der Waals surface area contributed by atoms with E-state index in [2.05, 4.69) is 10.3 Å². The minimum absolute atomic E-state index is 0.0616. The molecule has 1 aliphatic carbocycles. The van der Waals surface area contributed by atoms with E-state index in [4.69, 9.17) is 11.6 Å². The van der Waals surface area contributed by atoms with Crippen LogP contribution in [-0.4, -0.2) is 16.7 Å². The first-order chi connectivity index (χ1) is 10.6. The fourth-order valence-electron chi connectivity index (χ4n) is 2.43. The molecule has 0 saturated heterocycles. The van der Waals surface area contributed by atoms with Gasteiger partial charge in [0, 0.05) is 28.3 Å². The quantitative estimate of drug-likeness (QED) is 0.844. The van der Waals surface area contributed by atoms with Crippen molar-refractivity contribution in [1.29, 1.82) is 0 Å². The van der Waals surface area contributed by atoms with E-state index in [1.165, 1.54) is 16.2 Å².